The minimum absolute atomic E-state index is 0.181. The number of fused-ring (bicyclic) bond motifs is 1. The molecule has 94 valence electrons. The third-order valence-corrected chi connectivity index (χ3v) is 2.88. The number of hydrogen-bond donors (Lipinski definition) is 1. The fourth-order valence-electron chi connectivity index (χ4n) is 1.83. The van der Waals surface area contributed by atoms with Crippen LogP contribution in [0.2, 0.25) is 0 Å². The highest BCUT2D eigenvalue weighted by molar-refractivity contribution is 5.97. The number of epoxide rings is 1. The number of benzene rings is 1. The molecular weight excluding hydrogens is 234 g/mol. The first kappa shape index (κ1) is 11.1. The van der Waals surface area contributed by atoms with Crippen molar-refractivity contribution in [3.05, 3.63) is 30.0 Å². The van der Waals surface area contributed by atoms with Gasteiger partial charge in [-0.1, -0.05) is 0 Å². The maximum Gasteiger partial charge on any atom is 0.338 e. The van der Waals surface area contributed by atoms with Gasteiger partial charge in [0, 0.05) is 17.1 Å². The van der Waals surface area contributed by atoms with Crippen molar-refractivity contribution in [1.29, 1.82) is 0 Å². The summed E-state index contributed by atoms with van der Waals surface area (Å²) in [6.45, 7) is 1.25. The van der Waals surface area contributed by atoms with Gasteiger partial charge in [0.25, 0.3) is 0 Å². The van der Waals surface area contributed by atoms with E-state index in [9.17, 15) is 4.79 Å². The predicted molar refractivity (Wildman–Crippen MR) is 64.9 cm³/mol. The number of aromatic amines is 1. The molecule has 1 unspecified atom stereocenters. The summed E-state index contributed by atoms with van der Waals surface area (Å²) in [5.41, 5.74) is 1.32. The number of methoxy groups -OCH3 is 1. The lowest BCUT2D eigenvalue weighted by atomic mass is 10.1. The summed E-state index contributed by atoms with van der Waals surface area (Å²) in [6, 6.07) is 5.37. The van der Waals surface area contributed by atoms with Gasteiger partial charge < -0.3 is 19.2 Å². The number of esters is 1. The summed E-state index contributed by atoms with van der Waals surface area (Å²) < 4.78 is 15.5. The summed E-state index contributed by atoms with van der Waals surface area (Å²) in [4.78, 5) is 14.6. The summed E-state index contributed by atoms with van der Waals surface area (Å²) >= 11 is 0. The van der Waals surface area contributed by atoms with Gasteiger partial charge in [0.2, 0.25) is 0 Å². The Hall–Kier alpha value is -2.01. The highest BCUT2D eigenvalue weighted by atomic mass is 16.6. The van der Waals surface area contributed by atoms with Crippen molar-refractivity contribution in [3.8, 4) is 5.75 Å². The van der Waals surface area contributed by atoms with E-state index in [4.69, 9.17) is 14.2 Å². The third-order valence-electron chi connectivity index (χ3n) is 2.88. The van der Waals surface area contributed by atoms with E-state index in [0.717, 1.165) is 17.5 Å². The molecule has 0 spiro atoms. The van der Waals surface area contributed by atoms with Crippen LogP contribution in [0.3, 0.4) is 0 Å². The Balaban J connectivity index is 1.96. The second-order valence-corrected chi connectivity index (χ2v) is 4.17. The van der Waals surface area contributed by atoms with Gasteiger partial charge in [-0.05, 0) is 18.2 Å². The van der Waals surface area contributed by atoms with Crippen LogP contribution in [0.1, 0.15) is 10.4 Å². The predicted octanol–water partition coefficient (Wildman–Crippen LogP) is 1.73. The maximum atomic E-state index is 11.6. The number of nitrogens with one attached hydrogen (secondary N) is 1. The number of ether oxygens (including phenoxy) is 3. The largest absolute Gasteiger partial charge is 0.490 e. The van der Waals surface area contributed by atoms with Crippen LogP contribution in [0, 0.1) is 0 Å². The second kappa shape index (κ2) is 4.34. The van der Waals surface area contributed by atoms with Crippen molar-refractivity contribution in [2.75, 3.05) is 20.3 Å². The number of H-pyrrole nitrogens is 1. The lowest BCUT2D eigenvalue weighted by molar-refractivity contribution is 0.0600. The molecule has 18 heavy (non-hydrogen) atoms. The lowest BCUT2D eigenvalue weighted by Crippen LogP contribution is -2.06. The molecule has 3 rings (SSSR count). The van der Waals surface area contributed by atoms with Crippen LogP contribution in [0.25, 0.3) is 10.9 Å². The highest BCUT2D eigenvalue weighted by Crippen LogP contribution is 2.28. The van der Waals surface area contributed by atoms with Gasteiger partial charge >= 0.3 is 5.97 Å². The topological polar surface area (TPSA) is 63.9 Å². The molecule has 1 N–H and O–H groups in total. The van der Waals surface area contributed by atoms with Crippen molar-refractivity contribution in [2.24, 2.45) is 0 Å². The van der Waals surface area contributed by atoms with Gasteiger partial charge in [-0.25, -0.2) is 4.79 Å². The van der Waals surface area contributed by atoms with E-state index >= 15 is 0 Å². The Morgan fingerprint density at radius 1 is 1.56 bits per heavy atom. The van der Waals surface area contributed by atoms with Gasteiger partial charge in [0.05, 0.1) is 19.3 Å². The van der Waals surface area contributed by atoms with Gasteiger partial charge in [0.15, 0.2) is 0 Å². The monoisotopic (exact) mass is 247 g/mol. The zero-order valence-electron chi connectivity index (χ0n) is 9.93. The van der Waals surface area contributed by atoms with E-state index in [1.165, 1.54) is 7.11 Å². The smallest absolute Gasteiger partial charge is 0.338 e. The van der Waals surface area contributed by atoms with Gasteiger partial charge in [0.1, 0.15) is 18.5 Å². The number of carbonyl (C=O) groups is 1. The van der Waals surface area contributed by atoms with Gasteiger partial charge in [-0.3, -0.25) is 0 Å². The molecule has 2 heterocycles. The molecule has 0 aliphatic carbocycles. The average Bonchev–Trinajstić information content (AvgIpc) is 3.10. The van der Waals surface area contributed by atoms with Crippen LogP contribution in [0.4, 0.5) is 0 Å². The average molecular weight is 247 g/mol. The molecule has 1 atom stereocenters. The molecule has 1 saturated heterocycles. The van der Waals surface area contributed by atoms with Crippen LogP contribution in [-0.4, -0.2) is 37.4 Å². The molecule has 1 aliphatic heterocycles. The molecule has 1 aromatic heterocycles. The number of aromatic nitrogens is 1. The van der Waals surface area contributed by atoms with Crippen LogP contribution in [-0.2, 0) is 9.47 Å². The van der Waals surface area contributed by atoms with Gasteiger partial charge in [-0.2, -0.15) is 0 Å². The SMILES string of the molecule is COC(=O)c1cc(OCC2CO2)c2cc[nH]c2c1. The molecule has 0 bridgehead atoms. The highest BCUT2D eigenvalue weighted by Gasteiger charge is 2.23. The lowest BCUT2D eigenvalue weighted by Gasteiger charge is -2.08. The molecule has 5 heteroatoms. The molecule has 1 fully saturated rings. The van der Waals surface area contributed by atoms with Crippen molar-refractivity contribution in [2.45, 2.75) is 6.10 Å². The molecular formula is C13H13NO4. The molecule has 2 aromatic rings. The summed E-state index contributed by atoms with van der Waals surface area (Å²) in [7, 11) is 1.36. The first-order valence-electron chi connectivity index (χ1n) is 5.72. The fraction of sp³-hybridized carbons (Fsp3) is 0.308. The van der Waals surface area contributed by atoms with E-state index in [1.807, 2.05) is 12.3 Å². The first-order chi connectivity index (χ1) is 8.78. The van der Waals surface area contributed by atoms with E-state index in [-0.39, 0.29) is 12.1 Å². The zero-order chi connectivity index (χ0) is 12.5. The third kappa shape index (κ3) is 2.04. The normalized spacial score (nSPS) is 17.7. The Kier molecular flexibility index (Phi) is 2.68. The fourth-order valence-corrected chi connectivity index (χ4v) is 1.83. The minimum Gasteiger partial charge on any atom is -0.490 e. The summed E-state index contributed by atoms with van der Waals surface area (Å²) in [6.07, 6.45) is 1.99. The first-order valence-corrected chi connectivity index (χ1v) is 5.72. The van der Waals surface area contributed by atoms with Crippen LogP contribution in [0.5, 0.6) is 5.75 Å². The Morgan fingerprint density at radius 2 is 2.39 bits per heavy atom. The molecule has 5 nitrogen and oxygen atoms in total. The Morgan fingerprint density at radius 3 is 3.11 bits per heavy atom. The van der Waals surface area contributed by atoms with E-state index < -0.39 is 0 Å². The molecule has 0 amide bonds. The van der Waals surface area contributed by atoms with Crippen molar-refractivity contribution in [1.82, 2.24) is 4.98 Å². The van der Waals surface area contributed by atoms with Gasteiger partial charge in [-0.15, -0.1) is 0 Å². The number of rotatable bonds is 4. The van der Waals surface area contributed by atoms with Crippen molar-refractivity contribution >= 4 is 16.9 Å². The van der Waals surface area contributed by atoms with Crippen LogP contribution < -0.4 is 4.74 Å². The standard InChI is InChI=1S/C13H13NO4/c1-16-13(15)8-4-11-10(2-3-14-11)12(5-8)18-7-9-6-17-9/h2-5,9,14H,6-7H2,1H3. The summed E-state index contributed by atoms with van der Waals surface area (Å²) in [5.74, 6) is 0.295. The quantitative estimate of drug-likeness (QED) is 0.660. The zero-order valence-corrected chi connectivity index (χ0v) is 9.93. The molecule has 1 aliphatic rings. The Labute approximate surface area is 104 Å². The van der Waals surface area contributed by atoms with E-state index in [0.29, 0.717) is 17.9 Å². The Bertz CT molecular complexity index is 586. The molecule has 1 aromatic carbocycles. The van der Waals surface area contributed by atoms with Crippen molar-refractivity contribution < 1.29 is 19.0 Å². The molecule has 0 saturated carbocycles. The second-order valence-electron chi connectivity index (χ2n) is 4.17. The summed E-state index contributed by atoms with van der Waals surface area (Å²) in [5, 5.41) is 0.948. The van der Waals surface area contributed by atoms with Crippen LogP contribution in [0.15, 0.2) is 24.4 Å². The van der Waals surface area contributed by atoms with E-state index in [1.54, 1.807) is 12.1 Å². The van der Waals surface area contributed by atoms with E-state index in [2.05, 4.69) is 4.98 Å². The number of carbonyl (C=O) groups excluding carboxylic acids is 1. The van der Waals surface area contributed by atoms with Crippen LogP contribution >= 0.6 is 0 Å². The maximum absolute atomic E-state index is 11.6. The minimum atomic E-state index is -0.376. The number of hydrogen-bond acceptors (Lipinski definition) is 4. The van der Waals surface area contributed by atoms with Crippen molar-refractivity contribution in [3.63, 3.8) is 0 Å². The molecule has 0 radical (unpaired) electrons.